The summed E-state index contributed by atoms with van der Waals surface area (Å²) in [5.74, 6) is -1.35. The molecule has 0 unspecified atom stereocenters. The van der Waals surface area contributed by atoms with Gasteiger partial charge in [0.1, 0.15) is 5.75 Å². The number of rotatable bonds is 4. The maximum atomic E-state index is 12.7. The van der Waals surface area contributed by atoms with Crippen molar-refractivity contribution in [2.45, 2.75) is 12.8 Å². The Kier molecular flexibility index (Phi) is 4.00. The Bertz CT molecular complexity index is 412. The lowest BCUT2D eigenvalue weighted by Gasteiger charge is -2.11. The Labute approximate surface area is 94.8 Å². The molecule has 16 heavy (non-hydrogen) atoms. The summed E-state index contributed by atoms with van der Waals surface area (Å²) in [6, 6.07) is 0. The summed E-state index contributed by atoms with van der Waals surface area (Å²) in [6.45, 7) is 0. The van der Waals surface area contributed by atoms with Crippen LogP contribution < -0.4 is 4.74 Å². The molecule has 0 saturated heterocycles. The van der Waals surface area contributed by atoms with Crippen molar-refractivity contribution in [3.63, 3.8) is 0 Å². The second kappa shape index (κ2) is 5.07. The summed E-state index contributed by atoms with van der Waals surface area (Å²) >= 11 is 5.65. The van der Waals surface area contributed by atoms with Crippen LogP contribution in [0.15, 0.2) is 6.20 Å². The highest BCUT2D eigenvalue weighted by molar-refractivity contribution is 6.32. The van der Waals surface area contributed by atoms with Crippen LogP contribution in [0.2, 0.25) is 5.02 Å². The van der Waals surface area contributed by atoms with E-state index < -0.39 is 24.4 Å². The van der Waals surface area contributed by atoms with E-state index >= 15 is 0 Å². The Morgan fingerprint density at radius 1 is 1.69 bits per heavy atom. The van der Waals surface area contributed by atoms with Gasteiger partial charge in [0.2, 0.25) is 0 Å². The lowest BCUT2D eigenvalue weighted by Crippen LogP contribution is -2.06. The van der Waals surface area contributed by atoms with E-state index in [-0.39, 0.29) is 16.5 Å². The van der Waals surface area contributed by atoms with Crippen molar-refractivity contribution >= 4 is 17.6 Å². The molecule has 4 nitrogen and oxygen atoms in total. The number of pyridine rings is 1. The SMILES string of the molecule is COc1cnc(CC(=O)O)c(Cl)c1C(F)F. The highest BCUT2D eigenvalue weighted by atomic mass is 35.5. The van der Waals surface area contributed by atoms with E-state index in [1.165, 1.54) is 7.11 Å². The molecule has 1 aromatic heterocycles. The number of carbonyl (C=O) groups is 1. The fourth-order valence-corrected chi connectivity index (χ4v) is 1.45. The molecule has 0 spiro atoms. The van der Waals surface area contributed by atoms with Gasteiger partial charge in [0.15, 0.2) is 0 Å². The van der Waals surface area contributed by atoms with Crippen LogP contribution in [0.4, 0.5) is 8.78 Å². The van der Waals surface area contributed by atoms with Gasteiger partial charge in [-0.05, 0) is 0 Å². The third-order valence-electron chi connectivity index (χ3n) is 1.85. The first-order valence-electron chi connectivity index (χ1n) is 4.18. The van der Waals surface area contributed by atoms with Gasteiger partial charge in [0, 0.05) is 0 Å². The normalized spacial score (nSPS) is 10.6. The number of aliphatic carboxylic acids is 1. The molecule has 88 valence electrons. The predicted octanol–water partition coefficient (Wildman–Crippen LogP) is 2.31. The number of nitrogens with zero attached hydrogens (tertiary/aromatic N) is 1. The van der Waals surface area contributed by atoms with Gasteiger partial charge in [-0.15, -0.1) is 0 Å². The number of hydrogen-bond acceptors (Lipinski definition) is 3. The van der Waals surface area contributed by atoms with Crippen LogP contribution in [0, 0.1) is 0 Å². The fourth-order valence-electron chi connectivity index (χ4n) is 1.16. The number of methoxy groups -OCH3 is 1. The van der Waals surface area contributed by atoms with Crippen molar-refractivity contribution < 1.29 is 23.4 Å². The molecule has 0 bridgehead atoms. The summed E-state index contributed by atoms with van der Waals surface area (Å²) in [4.78, 5) is 14.1. The fraction of sp³-hybridized carbons (Fsp3) is 0.333. The highest BCUT2D eigenvalue weighted by Gasteiger charge is 2.22. The third kappa shape index (κ3) is 2.57. The molecule has 1 heterocycles. The van der Waals surface area contributed by atoms with Crippen LogP contribution in [0.3, 0.4) is 0 Å². The number of carboxylic acid groups (broad SMARTS) is 1. The molecule has 0 amide bonds. The zero-order valence-corrected chi connectivity index (χ0v) is 8.96. The molecule has 0 aromatic carbocycles. The van der Waals surface area contributed by atoms with Gasteiger partial charge in [0.05, 0.1) is 36.0 Å². The van der Waals surface area contributed by atoms with Crippen molar-refractivity contribution in [2.24, 2.45) is 0 Å². The van der Waals surface area contributed by atoms with Crippen LogP contribution in [-0.4, -0.2) is 23.2 Å². The molecule has 0 saturated carbocycles. The Morgan fingerprint density at radius 3 is 2.75 bits per heavy atom. The lowest BCUT2D eigenvalue weighted by atomic mass is 10.2. The van der Waals surface area contributed by atoms with Gasteiger partial charge in [-0.25, -0.2) is 8.78 Å². The topological polar surface area (TPSA) is 59.4 Å². The lowest BCUT2D eigenvalue weighted by molar-refractivity contribution is -0.136. The summed E-state index contributed by atoms with van der Waals surface area (Å²) in [5, 5.41) is 8.17. The third-order valence-corrected chi connectivity index (χ3v) is 2.27. The highest BCUT2D eigenvalue weighted by Crippen LogP contribution is 2.36. The van der Waals surface area contributed by atoms with E-state index in [9.17, 15) is 13.6 Å². The minimum atomic E-state index is -2.85. The molecule has 1 aromatic rings. The Hall–Kier alpha value is -1.43. The summed E-state index contributed by atoms with van der Waals surface area (Å²) < 4.78 is 30.0. The number of ether oxygens (including phenoxy) is 1. The Balaban J connectivity index is 3.26. The minimum Gasteiger partial charge on any atom is -0.495 e. The van der Waals surface area contributed by atoms with Gasteiger partial charge in [-0.3, -0.25) is 9.78 Å². The number of carboxylic acids is 1. The number of alkyl halides is 2. The monoisotopic (exact) mass is 251 g/mol. The largest absolute Gasteiger partial charge is 0.495 e. The zero-order chi connectivity index (χ0) is 12.3. The molecule has 7 heteroatoms. The summed E-state index contributed by atoms with van der Waals surface area (Å²) in [6.07, 6.45) is -2.33. The van der Waals surface area contributed by atoms with E-state index in [4.69, 9.17) is 16.7 Å². The van der Waals surface area contributed by atoms with E-state index in [0.29, 0.717) is 0 Å². The molecule has 0 fully saturated rings. The standard InChI is InChI=1S/C9H8ClF2NO3/c1-16-5-3-13-4(2-6(14)15)8(10)7(5)9(11)12/h3,9H,2H2,1H3,(H,14,15). The van der Waals surface area contributed by atoms with E-state index in [1.807, 2.05) is 0 Å². The average molecular weight is 252 g/mol. The van der Waals surface area contributed by atoms with Crippen LogP contribution >= 0.6 is 11.6 Å². The van der Waals surface area contributed by atoms with Crippen LogP contribution in [0.5, 0.6) is 5.75 Å². The molecule has 1 N–H and O–H groups in total. The van der Waals surface area contributed by atoms with Gasteiger partial charge < -0.3 is 9.84 Å². The van der Waals surface area contributed by atoms with Gasteiger partial charge >= 0.3 is 5.97 Å². The molecule has 0 aliphatic heterocycles. The average Bonchev–Trinajstić information content (AvgIpc) is 2.19. The Morgan fingerprint density at radius 2 is 2.31 bits per heavy atom. The van der Waals surface area contributed by atoms with Crippen molar-refractivity contribution in [3.8, 4) is 5.75 Å². The van der Waals surface area contributed by atoms with Crippen molar-refractivity contribution in [1.29, 1.82) is 0 Å². The first-order chi connectivity index (χ1) is 7.47. The van der Waals surface area contributed by atoms with Gasteiger partial charge in [-0.1, -0.05) is 11.6 Å². The molecule has 0 radical (unpaired) electrons. The predicted molar refractivity (Wildman–Crippen MR) is 52.1 cm³/mol. The second-order valence-electron chi connectivity index (χ2n) is 2.87. The van der Waals surface area contributed by atoms with Crippen molar-refractivity contribution in [1.82, 2.24) is 4.98 Å². The number of hydrogen-bond donors (Lipinski definition) is 1. The smallest absolute Gasteiger partial charge is 0.309 e. The molecule has 0 aliphatic rings. The number of halogens is 3. The molecular weight excluding hydrogens is 244 g/mol. The summed E-state index contributed by atoms with van der Waals surface area (Å²) in [7, 11) is 1.20. The number of aromatic nitrogens is 1. The van der Waals surface area contributed by atoms with Crippen molar-refractivity contribution in [3.05, 3.63) is 22.5 Å². The first-order valence-corrected chi connectivity index (χ1v) is 4.56. The molecule has 0 atom stereocenters. The van der Waals surface area contributed by atoms with E-state index in [2.05, 4.69) is 9.72 Å². The maximum Gasteiger partial charge on any atom is 0.309 e. The quantitative estimate of drug-likeness (QED) is 0.892. The van der Waals surface area contributed by atoms with Crippen molar-refractivity contribution in [2.75, 3.05) is 7.11 Å². The zero-order valence-electron chi connectivity index (χ0n) is 8.21. The first kappa shape index (κ1) is 12.6. The second-order valence-corrected chi connectivity index (χ2v) is 3.25. The van der Waals surface area contributed by atoms with Crippen LogP contribution in [0.1, 0.15) is 17.7 Å². The van der Waals surface area contributed by atoms with Crippen LogP contribution in [0.25, 0.3) is 0 Å². The summed E-state index contributed by atoms with van der Waals surface area (Å²) in [5.41, 5.74) is -0.638. The molecular formula is C9H8ClF2NO3. The van der Waals surface area contributed by atoms with Gasteiger partial charge in [-0.2, -0.15) is 0 Å². The van der Waals surface area contributed by atoms with Crippen LogP contribution in [-0.2, 0) is 11.2 Å². The van der Waals surface area contributed by atoms with E-state index in [1.54, 1.807) is 0 Å². The van der Waals surface area contributed by atoms with E-state index in [0.717, 1.165) is 6.20 Å². The molecule has 1 rings (SSSR count). The van der Waals surface area contributed by atoms with Gasteiger partial charge in [0.25, 0.3) is 6.43 Å². The maximum absolute atomic E-state index is 12.7. The minimum absolute atomic E-state index is 0.106. The molecule has 0 aliphatic carbocycles.